The van der Waals surface area contributed by atoms with Gasteiger partial charge in [-0.3, -0.25) is 9.78 Å². The Labute approximate surface area is 163 Å². The Morgan fingerprint density at radius 1 is 1.04 bits per heavy atom. The minimum atomic E-state index is -0.141. The monoisotopic (exact) mass is 381 g/mol. The SMILES string of the molecule is Cc1nc(-c2ccccn2)nc(NCCNC(=O)c2ccc(Cl)cc2)c1C. The smallest absolute Gasteiger partial charge is 0.251 e. The number of hydrogen-bond acceptors (Lipinski definition) is 5. The standard InChI is InChI=1S/C20H20ClN5O/c1-13-14(2)25-19(17-5-3-4-10-22-17)26-18(13)23-11-12-24-20(27)15-6-8-16(21)9-7-15/h3-10H,11-12H2,1-2H3,(H,24,27)(H,23,25,26). The van der Waals surface area contributed by atoms with Crippen molar-refractivity contribution in [2.24, 2.45) is 0 Å². The van der Waals surface area contributed by atoms with Crippen LogP contribution in [-0.4, -0.2) is 33.9 Å². The summed E-state index contributed by atoms with van der Waals surface area (Å²) in [6.45, 7) is 4.91. The molecule has 3 aromatic rings. The maximum absolute atomic E-state index is 12.1. The minimum absolute atomic E-state index is 0.141. The first-order chi connectivity index (χ1) is 13.0. The molecule has 0 saturated carbocycles. The van der Waals surface area contributed by atoms with Crippen LogP contribution in [0.1, 0.15) is 21.6 Å². The molecule has 0 radical (unpaired) electrons. The fourth-order valence-corrected chi connectivity index (χ4v) is 2.60. The maximum Gasteiger partial charge on any atom is 0.251 e. The van der Waals surface area contributed by atoms with Crippen LogP contribution < -0.4 is 10.6 Å². The summed E-state index contributed by atoms with van der Waals surface area (Å²) >= 11 is 5.84. The van der Waals surface area contributed by atoms with Gasteiger partial charge in [0, 0.05) is 41.1 Å². The molecular weight excluding hydrogens is 362 g/mol. The van der Waals surface area contributed by atoms with Crippen LogP contribution in [0.15, 0.2) is 48.7 Å². The van der Waals surface area contributed by atoms with Crippen molar-refractivity contribution >= 4 is 23.3 Å². The summed E-state index contributed by atoms with van der Waals surface area (Å²) in [4.78, 5) is 25.5. The first kappa shape index (κ1) is 18.8. The van der Waals surface area contributed by atoms with Gasteiger partial charge in [-0.2, -0.15) is 0 Å². The van der Waals surface area contributed by atoms with Crippen LogP contribution in [-0.2, 0) is 0 Å². The lowest BCUT2D eigenvalue weighted by atomic mass is 10.2. The zero-order chi connectivity index (χ0) is 19.2. The fourth-order valence-electron chi connectivity index (χ4n) is 2.47. The number of nitrogens with zero attached hydrogens (tertiary/aromatic N) is 3. The summed E-state index contributed by atoms with van der Waals surface area (Å²) in [6.07, 6.45) is 1.72. The summed E-state index contributed by atoms with van der Waals surface area (Å²) in [5.74, 6) is 1.17. The van der Waals surface area contributed by atoms with Gasteiger partial charge in [0.15, 0.2) is 5.82 Å². The Balaban J connectivity index is 1.61. The minimum Gasteiger partial charge on any atom is -0.368 e. The first-order valence-electron chi connectivity index (χ1n) is 8.59. The molecule has 0 aliphatic heterocycles. The van der Waals surface area contributed by atoms with Gasteiger partial charge in [0.05, 0.1) is 0 Å². The Morgan fingerprint density at radius 2 is 1.81 bits per heavy atom. The van der Waals surface area contributed by atoms with E-state index in [1.165, 1.54) is 0 Å². The number of amides is 1. The van der Waals surface area contributed by atoms with Crippen molar-refractivity contribution in [3.05, 3.63) is 70.5 Å². The van der Waals surface area contributed by atoms with E-state index in [4.69, 9.17) is 11.6 Å². The molecule has 0 saturated heterocycles. The highest BCUT2D eigenvalue weighted by Crippen LogP contribution is 2.19. The number of hydrogen-bond donors (Lipinski definition) is 2. The van der Waals surface area contributed by atoms with Crippen LogP contribution in [0.4, 0.5) is 5.82 Å². The number of pyridine rings is 1. The Morgan fingerprint density at radius 3 is 2.52 bits per heavy atom. The number of rotatable bonds is 6. The van der Waals surface area contributed by atoms with Crippen LogP contribution in [0.25, 0.3) is 11.5 Å². The molecule has 0 atom stereocenters. The summed E-state index contributed by atoms with van der Waals surface area (Å²) < 4.78 is 0. The molecule has 0 bridgehead atoms. The van der Waals surface area contributed by atoms with Crippen molar-refractivity contribution < 1.29 is 4.79 Å². The second-order valence-electron chi connectivity index (χ2n) is 6.01. The van der Waals surface area contributed by atoms with Crippen molar-refractivity contribution in [3.63, 3.8) is 0 Å². The molecule has 1 aromatic carbocycles. The Bertz CT molecular complexity index is 929. The molecule has 1 amide bonds. The topological polar surface area (TPSA) is 79.8 Å². The molecule has 0 aliphatic carbocycles. The van der Waals surface area contributed by atoms with Gasteiger partial charge in [-0.15, -0.1) is 0 Å². The molecule has 2 N–H and O–H groups in total. The number of aromatic nitrogens is 3. The van der Waals surface area contributed by atoms with E-state index >= 15 is 0 Å². The fraction of sp³-hybridized carbons (Fsp3) is 0.200. The predicted octanol–water partition coefficient (Wildman–Crippen LogP) is 3.65. The molecule has 0 fully saturated rings. The van der Waals surface area contributed by atoms with Crippen LogP contribution in [0.2, 0.25) is 5.02 Å². The number of aryl methyl sites for hydroxylation is 1. The lowest BCUT2D eigenvalue weighted by Gasteiger charge is -2.12. The first-order valence-corrected chi connectivity index (χ1v) is 8.96. The lowest BCUT2D eigenvalue weighted by Crippen LogP contribution is -2.29. The number of carbonyl (C=O) groups is 1. The zero-order valence-corrected chi connectivity index (χ0v) is 15.9. The molecule has 0 aliphatic rings. The molecule has 27 heavy (non-hydrogen) atoms. The van der Waals surface area contributed by atoms with Crippen LogP contribution in [0.5, 0.6) is 0 Å². The Kier molecular flexibility index (Phi) is 5.98. The number of halogens is 1. The number of carbonyl (C=O) groups excluding carboxylic acids is 1. The second-order valence-corrected chi connectivity index (χ2v) is 6.45. The van der Waals surface area contributed by atoms with Crippen LogP contribution in [0.3, 0.4) is 0 Å². The van der Waals surface area contributed by atoms with Gasteiger partial charge in [0.25, 0.3) is 5.91 Å². The van der Waals surface area contributed by atoms with E-state index in [0.29, 0.717) is 29.5 Å². The third-order valence-corrected chi connectivity index (χ3v) is 4.34. The van der Waals surface area contributed by atoms with E-state index in [-0.39, 0.29) is 5.91 Å². The normalized spacial score (nSPS) is 10.5. The second kappa shape index (κ2) is 8.60. The van der Waals surface area contributed by atoms with Gasteiger partial charge in [0.1, 0.15) is 11.5 Å². The van der Waals surface area contributed by atoms with Gasteiger partial charge < -0.3 is 10.6 Å². The van der Waals surface area contributed by atoms with Gasteiger partial charge in [-0.05, 0) is 50.2 Å². The number of benzene rings is 1. The van der Waals surface area contributed by atoms with E-state index in [2.05, 4.69) is 25.6 Å². The van der Waals surface area contributed by atoms with E-state index in [1.807, 2.05) is 32.0 Å². The van der Waals surface area contributed by atoms with Crippen LogP contribution in [0, 0.1) is 13.8 Å². The molecular formula is C20H20ClN5O. The molecule has 138 valence electrons. The van der Waals surface area contributed by atoms with Gasteiger partial charge in [-0.25, -0.2) is 9.97 Å². The lowest BCUT2D eigenvalue weighted by molar-refractivity contribution is 0.0955. The third kappa shape index (κ3) is 4.80. The van der Waals surface area contributed by atoms with E-state index in [0.717, 1.165) is 22.8 Å². The van der Waals surface area contributed by atoms with Crippen molar-refractivity contribution in [3.8, 4) is 11.5 Å². The summed E-state index contributed by atoms with van der Waals surface area (Å²) in [5, 5.41) is 6.74. The average molecular weight is 382 g/mol. The van der Waals surface area contributed by atoms with Crippen molar-refractivity contribution in [1.82, 2.24) is 20.3 Å². The summed E-state index contributed by atoms with van der Waals surface area (Å²) in [5.41, 5.74) is 3.16. The molecule has 2 heterocycles. The van der Waals surface area contributed by atoms with Crippen molar-refractivity contribution in [1.29, 1.82) is 0 Å². The maximum atomic E-state index is 12.1. The van der Waals surface area contributed by atoms with Gasteiger partial charge in [0.2, 0.25) is 0 Å². The van der Waals surface area contributed by atoms with E-state index < -0.39 is 0 Å². The molecule has 2 aromatic heterocycles. The number of anilines is 1. The quantitative estimate of drug-likeness (QED) is 0.637. The van der Waals surface area contributed by atoms with Crippen molar-refractivity contribution in [2.45, 2.75) is 13.8 Å². The highest BCUT2D eigenvalue weighted by molar-refractivity contribution is 6.30. The van der Waals surface area contributed by atoms with E-state index in [1.54, 1.807) is 30.5 Å². The molecule has 0 spiro atoms. The highest BCUT2D eigenvalue weighted by atomic mass is 35.5. The average Bonchev–Trinajstić information content (AvgIpc) is 2.69. The highest BCUT2D eigenvalue weighted by Gasteiger charge is 2.10. The third-order valence-electron chi connectivity index (χ3n) is 4.09. The van der Waals surface area contributed by atoms with Crippen LogP contribution >= 0.6 is 11.6 Å². The molecule has 6 nitrogen and oxygen atoms in total. The molecule has 0 unspecified atom stereocenters. The van der Waals surface area contributed by atoms with Gasteiger partial charge >= 0.3 is 0 Å². The number of nitrogens with one attached hydrogen (secondary N) is 2. The van der Waals surface area contributed by atoms with Gasteiger partial charge in [-0.1, -0.05) is 17.7 Å². The molecule has 7 heteroatoms. The van der Waals surface area contributed by atoms with Crippen molar-refractivity contribution in [2.75, 3.05) is 18.4 Å². The zero-order valence-electron chi connectivity index (χ0n) is 15.2. The predicted molar refractivity (Wildman–Crippen MR) is 107 cm³/mol. The largest absolute Gasteiger partial charge is 0.368 e. The van der Waals surface area contributed by atoms with E-state index in [9.17, 15) is 4.79 Å². The summed E-state index contributed by atoms with van der Waals surface area (Å²) in [6, 6.07) is 12.4. The Hall–Kier alpha value is -2.99. The summed E-state index contributed by atoms with van der Waals surface area (Å²) in [7, 11) is 0. The molecule has 3 rings (SSSR count).